The Bertz CT molecular complexity index is 566. The number of aryl methyl sites for hydroxylation is 1. The number of aromatic hydroxyl groups is 1. The third-order valence-corrected chi connectivity index (χ3v) is 3.94. The van der Waals surface area contributed by atoms with Crippen molar-refractivity contribution < 1.29 is 5.11 Å². The van der Waals surface area contributed by atoms with Crippen LogP contribution in [0.25, 0.3) is 0 Å². The van der Waals surface area contributed by atoms with Gasteiger partial charge in [0.1, 0.15) is 5.75 Å². The summed E-state index contributed by atoms with van der Waals surface area (Å²) in [5.41, 5.74) is 3.46. The largest absolute Gasteiger partial charge is 0.508 e. The lowest BCUT2D eigenvalue weighted by atomic mass is 10.0. The number of halogens is 1. The fourth-order valence-electron chi connectivity index (χ4n) is 2.23. The molecule has 2 nitrogen and oxygen atoms in total. The van der Waals surface area contributed by atoms with Crippen LogP contribution in [0.5, 0.6) is 5.75 Å². The van der Waals surface area contributed by atoms with Crippen molar-refractivity contribution >= 4 is 15.9 Å². The van der Waals surface area contributed by atoms with E-state index in [4.69, 9.17) is 0 Å². The predicted molar refractivity (Wildman–Crippen MR) is 86.9 cm³/mol. The van der Waals surface area contributed by atoms with E-state index in [0.29, 0.717) is 5.75 Å². The number of phenols is 1. The highest BCUT2D eigenvalue weighted by Crippen LogP contribution is 2.29. The average Bonchev–Trinajstić information content (AvgIpc) is 2.45. The van der Waals surface area contributed by atoms with Crippen molar-refractivity contribution in [2.24, 2.45) is 0 Å². The molecule has 0 spiro atoms. The number of hydrogen-bond donors (Lipinski definition) is 2. The summed E-state index contributed by atoms with van der Waals surface area (Å²) in [5.74, 6) is 0.344. The van der Waals surface area contributed by atoms with Gasteiger partial charge in [-0.1, -0.05) is 52.7 Å². The molecule has 1 atom stereocenters. The van der Waals surface area contributed by atoms with Crippen LogP contribution in [0.1, 0.15) is 36.1 Å². The van der Waals surface area contributed by atoms with Crippen LogP contribution in [0.2, 0.25) is 0 Å². The van der Waals surface area contributed by atoms with E-state index in [1.54, 1.807) is 6.07 Å². The molecule has 0 saturated carbocycles. The third kappa shape index (κ3) is 3.84. The molecule has 0 amide bonds. The average molecular weight is 334 g/mol. The Kier molecular flexibility index (Phi) is 5.21. The highest BCUT2D eigenvalue weighted by molar-refractivity contribution is 9.10. The molecule has 20 heavy (non-hydrogen) atoms. The summed E-state index contributed by atoms with van der Waals surface area (Å²) in [4.78, 5) is 0. The minimum atomic E-state index is 0.147. The lowest BCUT2D eigenvalue weighted by Gasteiger charge is -2.19. The molecule has 1 unspecified atom stereocenters. The maximum absolute atomic E-state index is 10.0. The lowest BCUT2D eigenvalue weighted by molar-refractivity contribution is 0.440. The molecule has 2 rings (SSSR count). The van der Waals surface area contributed by atoms with Crippen molar-refractivity contribution in [2.45, 2.75) is 32.9 Å². The summed E-state index contributed by atoms with van der Waals surface area (Å²) in [6.45, 7) is 5.00. The summed E-state index contributed by atoms with van der Waals surface area (Å²) in [6, 6.07) is 14.2. The van der Waals surface area contributed by atoms with Crippen molar-refractivity contribution in [3.63, 3.8) is 0 Å². The first-order valence-electron chi connectivity index (χ1n) is 6.87. The second-order valence-electron chi connectivity index (χ2n) is 5.03. The maximum Gasteiger partial charge on any atom is 0.120 e. The smallest absolute Gasteiger partial charge is 0.120 e. The molecule has 3 heteroatoms. The normalized spacial score (nSPS) is 12.3. The van der Waals surface area contributed by atoms with E-state index in [1.165, 1.54) is 11.1 Å². The van der Waals surface area contributed by atoms with Gasteiger partial charge >= 0.3 is 0 Å². The van der Waals surface area contributed by atoms with Crippen LogP contribution in [-0.2, 0) is 6.54 Å². The Balaban J connectivity index is 2.09. The van der Waals surface area contributed by atoms with Crippen molar-refractivity contribution in [2.75, 3.05) is 0 Å². The zero-order chi connectivity index (χ0) is 14.5. The quantitative estimate of drug-likeness (QED) is 0.830. The molecular weight excluding hydrogens is 314 g/mol. The first kappa shape index (κ1) is 15.1. The Morgan fingerprint density at radius 3 is 2.50 bits per heavy atom. The fraction of sp³-hybridized carbons (Fsp3) is 0.294. The minimum Gasteiger partial charge on any atom is -0.508 e. The van der Waals surface area contributed by atoms with E-state index in [0.717, 1.165) is 23.0 Å². The molecule has 0 bridgehead atoms. The molecule has 0 radical (unpaired) electrons. The monoisotopic (exact) mass is 333 g/mol. The van der Waals surface area contributed by atoms with Crippen LogP contribution >= 0.6 is 15.9 Å². The lowest BCUT2D eigenvalue weighted by Crippen LogP contribution is -2.20. The van der Waals surface area contributed by atoms with Crippen LogP contribution < -0.4 is 5.32 Å². The van der Waals surface area contributed by atoms with Gasteiger partial charge in [0, 0.05) is 22.6 Å². The molecule has 0 heterocycles. The van der Waals surface area contributed by atoms with Gasteiger partial charge in [-0.25, -0.2) is 0 Å². The van der Waals surface area contributed by atoms with Crippen molar-refractivity contribution in [1.29, 1.82) is 0 Å². The molecule has 0 aromatic heterocycles. The van der Waals surface area contributed by atoms with E-state index < -0.39 is 0 Å². The van der Waals surface area contributed by atoms with Crippen LogP contribution in [-0.4, -0.2) is 5.11 Å². The fourth-order valence-corrected chi connectivity index (χ4v) is 2.60. The summed E-state index contributed by atoms with van der Waals surface area (Å²) in [7, 11) is 0. The zero-order valence-electron chi connectivity index (χ0n) is 11.9. The number of rotatable bonds is 5. The molecule has 0 fully saturated rings. The maximum atomic E-state index is 10.0. The minimum absolute atomic E-state index is 0.147. The molecular formula is C17H20BrNO. The molecule has 106 valence electrons. The van der Waals surface area contributed by atoms with Gasteiger partial charge in [-0.15, -0.1) is 0 Å². The van der Waals surface area contributed by atoms with Gasteiger partial charge in [0.05, 0.1) is 0 Å². The molecule has 0 aliphatic heterocycles. The van der Waals surface area contributed by atoms with Gasteiger partial charge in [-0.2, -0.15) is 0 Å². The van der Waals surface area contributed by atoms with E-state index >= 15 is 0 Å². The number of benzene rings is 2. The van der Waals surface area contributed by atoms with Crippen LogP contribution in [0, 0.1) is 6.92 Å². The Hall–Kier alpha value is -1.32. The molecule has 2 aromatic rings. The predicted octanol–water partition coefficient (Wildman–Crippen LogP) is 4.70. The van der Waals surface area contributed by atoms with Crippen LogP contribution in [0.15, 0.2) is 46.9 Å². The zero-order valence-corrected chi connectivity index (χ0v) is 13.4. The summed E-state index contributed by atoms with van der Waals surface area (Å²) in [6.07, 6.45) is 0.926. The Labute approximate surface area is 129 Å². The summed E-state index contributed by atoms with van der Waals surface area (Å²) < 4.78 is 0.987. The first-order chi connectivity index (χ1) is 9.60. The second kappa shape index (κ2) is 6.91. The van der Waals surface area contributed by atoms with Crippen molar-refractivity contribution in [3.05, 3.63) is 63.6 Å². The van der Waals surface area contributed by atoms with E-state index in [1.807, 2.05) is 12.1 Å². The SMILES string of the molecule is CCC(NCc1ccc(C)cc1)c1cc(Br)ccc1O. The summed E-state index contributed by atoms with van der Waals surface area (Å²) >= 11 is 3.46. The van der Waals surface area contributed by atoms with Gasteiger partial charge in [0.2, 0.25) is 0 Å². The van der Waals surface area contributed by atoms with Gasteiger partial charge in [0.15, 0.2) is 0 Å². The molecule has 0 aliphatic carbocycles. The van der Waals surface area contributed by atoms with E-state index in [9.17, 15) is 5.11 Å². The highest BCUT2D eigenvalue weighted by Gasteiger charge is 2.13. The van der Waals surface area contributed by atoms with Crippen molar-refractivity contribution in [3.8, 4) is 5.75 Å². The molecule has 2 aromatic carbocycles. The van der Waals surface area contributed by atoms with Crippen LogP contribution in [0.3, 0.4) is 0 Å². The van der Waals surface area contributed by atoms with E-state index in [2.05, 4.69) is 59.4 Å². The number of nitrogens with one attached hydrogen (secondary N) is 1. The second-order valence-corrected chi connectivity index (χ2v) is 5.95. The number of phenolic OH excluding ortho intramolecular Hbond substituents is 1. The van der Waals surface area contributed by atoms with Gasteiger partial charge in [0.25, 0.3) is 0 Å². The molecule has 0 aliphatic rings. The Morgan fingerprint density at radius 2 is 1.85 bits per heavy atom. The topological polar surface area (TPSA) is 32.3 Å². The van der Waals surface area contributed by atoms with Gasteiger partial charge in [-0.3, -0.25) is 0 Å². The van der Waals surface area contributed by atoms with Gasteiger partial charge in [-0.05, 0) is 37.1 Å². The number of hydrogen-bond acceptors (Lipinski definition) is 2. The first-order valence-corrected chi connectivity index (χ1v) is 7.66. The van der Waals surface area contributed by atoms with E-state index in [-0.39, 0.29) is 6.04 Å². The molecule has 2 N–H and O–H groups in total. The highest BCUT2D eigenvalue weighted by atomic mass is 79.9. The third-order valence-electron chi connectivity index (χ3n) is 3.45. The molecule has 0 saturated heterocycles. The Morgan fingerprint density at radius 1 is 1.15 bits per heavy atom. The standard InChI is InChI=1S/C17H20BrNO/c1-3-16(15-10-14(18)8-9-17(15)20)19-11-13-6-4-12(2)5-7-13/h4-10,16,19-20H,3,11H2,1-2H3. The van der Waals surface area contributed by atoms with Crippen LogP contribution in [0.4, 0.5) is 0 Å². The van der Waals surface area contributed by atoms with Gasteiger partial charge < -0.3 is 10.4 Å². The van der Waals surface area contributed by atoms with Crippen molar-refractivity contribution in [1.82, 2.24) is 5.32 Å². The summed E-state index contributed by atoms with van der Waals surface area (Å²) in [5, 5.41) is 13.5.